The molecular weight excluding hydrogens is 254 g/mol. The maximum absolute atomic E-state index is 5.94. The van der Waals surface area contributed by atoms with Gasteiger partial charge in [0.15, 0.2) is 11.5 Å². The number of anilines is 2. The van der Waals surface area contributed by atoms with Crippen molar-refractivity contribution in [3.05, 3.63) is 18.6 Å². The summed E-state index contributed by atoms with van der Waals surface area (Å²) in [6, 6.07) is 0.410. The first-order chi connectivity index (χ1) is 9.83. The standard InChI is InChI=1S/C14H19N5O/c15-12-9-18-6-5-16-13(18)14(17-12)19-7-8-20-11-4-2-1-3-10(11)19/h5-6,9-11H,1-4,7-8,15H2. The quantitative estimate of drug-likeness (QED) is 0.852. The van der Waals surface area contributed by atoms with Crippen molar-refractivity contribution in [2.24, 2.45) is 0 Å². The number of hydrogen-bond donors (Lipinski definition) is 1. The van der Waals surface area contributed by atoms with Crippen molar-refractivity contribution in [2.75, 3.05) is 23.8 Å². The fourth-order valence-electron chi connectivity index (χ4n) is 3.49. The number of ether oxygens (including phenoxy) is 1. The summed E-state index contributed by atoms with van der Waals surface area (Å²) in [5.41, 5.74) is 6.82. The molecule has 0 radical (unpaired) electrons. The molecular formula is C14H19N5O. The maximum Gasteiger partial charge on any atom is 0.180 e. The Labute approximate surface area is 117 Å². The van der Waals surface area contributed by atoms with E-state index in [1.54, 1.807) is 6.20 Å². The second kappa shape index (κ2) is 4.63. The molecule has 2 aromatic heterocycles. The van der Waals surface area contributed by atoms with Gasteiger partial charge < -0.3 is 19.8 Å². The van der Waals surface area contributed by atoms with Gasteiger partial charge in [0.05, 0.1) is 24.9 Å². The summed E-state index contributed by atoms with van der Waals surface area (Å²) in [6.45, 7) is 1.62. The van der Waals surface area contributed by atoms with Gasteiger partial charge in [0.25, 0.3) is 0 Å². The van der Waals surface area contributed by atoms with Gasteiger partial charge in [-0.1, -0.05) is 12.8 Å². The number of nitrogens with two attached hydrogens (primary N) is 1. The predicted molar refractivity (Wildman–Crippen MR) is 76.7 cm³/mol. The lowest BCUT2D eigenvalue weighted by atomic mass is 9.90. The van der Waals surface area contributed by atoms with Crippen molar-refractivity contribution in [2.45, 2.75) is 37.8 Å². The van der Waals surface area contributed by atoms with Crippen LogP contribution in [-0.2, 0) is 4.74 Å². The fourth-order valence-corrected chi connectivity index (χ4v) is 3.49. The topological polar surface area (TPSA) is 68.7 Å². The molecule has 106 valence electrons. The predicted octanol–water partition coefficient (Wildman–Crippen LogP) is 1.46. The Bertz CT molecular complexity index is 623. The highest BCUT2D eigenvalue weighted by Gasteiger charge is 2.35. The maximum atomic E-state index is 5.94. The van der Waals surface area contributed by atoms with Crippen molar-refractivity contribution >= 4 is 17.3 Å². The average molecular weight is 273 g/mol. The van der Waals surface area contributed by atoms with E-state index in [1.807, 2.05) is 16.8 Å². The van der Waals surface area contributed by atoms with Gasteiger partial charge in [-0.15, -0.1) is 0 Å². The third-order valence-electron chi connectivity index (χ3n) is 4.38. The van der Waals surface area contributed by atoms with Gasteiger partial charge in [-0.3, -0.25) is 0 Å². The fraction of sp³-hybridized carbons (Fsp3) is 0.571. The van der Waals surface area contributed by atoms with Crippen LogP contribution < -0.4 is 10.6 Å². The van der Waals surface area contributed by atoms with Crippen LogP contribution in [-0.4, -0.2) is 39.7 Å². The van der Waals surface area contributed by atoms with Crippen molar-refractivity contribution in [1.29, 1.82) is 0 Å². The molecule has 3 heterocycles. The van der Waals surface area contributed by atoms with Crippen LogP contribution in [0.3, 0.4) is 0 Å². The Kier molecular flexibility index (Phi) is 2.77. The summed E-state index contributed by atoms with van der Waals surface area (Å²) in [7, 11) is 0. The summed E-state index contributed by atoms with van der Waals surface area (Å²) in [4.78, 5) is 11.3. The van der Waals surface area contributed by atoms with E-state index in [9.17, 15) is 0 Å². The van der Waals surface area contributed by atoms with E-state index in [-0.39, 0.29) is 0 Å². The number of morpholine rings is 1. The lowest BCUT2D eigenvalue weighted by molar-refractivity contribution is -0.00889. The lowest BCUT2D eigenvalue weighted by Crippen LogP contribution is -2.53. The molecule has 2 N–H and O–H groups in total. The molecule has 0 bridgehead atoms. The highest BCUT2D eigenvalue weighted by molar-refractivity contribution is 5.67. The van der Waals surface area contributed by atoms with E-state index in [2.05, 4.69) is 14.9 Å². The summed E-state index contributed by atoms with van der Waals surface area (Å²) < 4.78 is 7.88. The molecule has 0 amide bonds. The molecule has 6 nitrogen and oxygen atoms in total. The van der Waals surface area contributed by atoms with Gasteiger partial charge in [-0.25, -0.2) is 9.97 Å². The summed E-state index contributed by atoms with van der Waals surface area (Å²) in [5, 5.41) is 0. The van der Waals surface area contributed by atoms with Crippen LogP contribution in [0.1, 0.15) is 25.7 Å². The van der Waals surface area contributed by atoms with E-state index in [0.717, 1.165) is 37.5 Å². The van der Waals surface area contributed by atoms with E-state index in [1.165, 1.54) is 12.8 Å². The zero-order chi connectivity index (χ0) is 13.5. The molecule has 2 aliphatic rings. The SMILES string of the molecule is Nc1cn2ccnc2c(N2CCOC3CCCCC32)n1. The van der Waals surface area contributed by atoms with Crippen LogP contribution in [0.25, 0.3) is 5.65 Å². The van der Waals surface area contributed by atoms with Crippen LogP contribution in [0.2, 0.25) is 0 Å². The third-order valence-corrected chi connectivity index (χ3v) is 4.38. The van der Waals surface area contributed by atoms with Gasteiger partial charge >= 0.3 is 0 Å². The van der Waals surface area contributed by atoms with Gasteiger partial charge in [0, 0.05) is 18.9 Å². The number of imidazole rings is 1. The highest BCUT2D eigenvalue weighted by atomic mass is 16.5. The monoisotopic (exact) mass is 273 g/mol. The van der Waals surface area contributed by atoms with Gasteiger partial charge in [0.2, 0.25) is 0 Å². The molecule has 1 aliphatic carbocycles. The van der Waals surface area contributed by atoms with Gasteiger partial charge in [-0.2, -0.15) is 0 Å². The molecule has 6 heteroatoms. The molecule has 1 saturated heterocycles. The molecule has 0 aromatic carbocycles. The van der Waals surface area contributed by atoms with Gasteiger partial charge in [0.1, 0.15) is 5.82 Å². The Balaban J connectivity index is 1.79. The second-order valence-corrected chi connectivity index (χ2v) is 5.60. The van der Waals surface area contributed by atoms with E-state index in [4.69, 9.17) is 10.5 Å². The summed E-state index contributed by atoms with van der Waals surface area (Å²) in [6.07, 6.45) is 10.7. The van der Waals surface area contributed by atoms with E-state index < -0.39 is 0 Å². The summed E-state index contributed by atoms with van der Waals surface area (Å²) >= 11 is 0. The van der Waals surface area contributed by atoms with Crippen LogP contribution in [0.5, 0.6) is 0 Å². The average Bonchev–Trinajstić information content (AvgIpc) is 2.94. The molecule has 2 atom stereocenters. The minimum absolute atomic E-state index is 0.329. The Morgan fingerprint density at radius 2 is 2.20 bits per heavy atom. The molecule has 1 saturated carbocycles. The zero-order valence-electron chi connectivity index (χ0n) is 11.4. The first-order valence-corrected chi connectivity index (χ1v) is 7.30. The smallest absolute Gasteiger partial charge is 0.180 e. The number of aromatic nitrogens is 3. The number of fused-ring (bicyclic) bond motifs is 2. The zero-order valence-corrected chi connectivity index (χ0v) is 11.4. The molecule has 2 fully saturated rings. The van der Waals surface area contributed by atoms with Crippen molar-refractivity contribution < 1.29 is 4.74 Å². The number of nitrogen functional groups attached to an aromatic ring is 1. The largest absolute Gasteiger partial charge is 0.382 e. The second-order valence-electron chi connectivity index (χ2n) is 5.60. The highest BCUT2D eigenvalue weighted by Crippen LogP contribution is 2.32. The normalized spacial score (nSPS) is 26.7. The molecule has 0 spiro atoms. The van der Waals surface area contributed by atoms with Crippen molar-refractivity contribution in [3.63, 3.8) is 0 Å². The number of nitrogens with zero attached hydrogens (tertiary/aromatic N) is 4. The molecule has 2 aromatic rings. The first-order valence-electron chi connectivity index (χ1n) is 7.30. The Morgan fingerprint density at radius 1 is 1.30 bits per heavy atom. The number of rotatable bonds is 1. The first kappa shape index (κ1) is 12.0. The van der Waals surface area contributed by atoms with Crippen LogP contribution in [0, 0.1) is 0 Å². The molecule has 2 unspecified atom stereocenters. The van der Waals surface area contributed by atoms with Crippen LogP contribution in [0.15, 0.2) is 18.6 Å². The Morgan fingerprint density at radius 3 is 3.15 bits per heavy atom. The molecule has 20 heavy (non-hydrogen) atoms. The third kappa shape index (κ3) is 1.83. The van der Waals surface area contributed by atoms with E-state index in [0.29, 0.717) is 18.0 Å². The van der Waals surface area contributed by atoms with Crippen molar-refractivity contribution in [3.8, 4) is 0 Å². The number of hydrogen-bond acceptors (Lipinski definition) is 5. The molecule has 4 rings (SSSR count). The minimum Gasteiger partial charge on any atom is -0.382 e. The molecule has 1 aliphatic heterocycles. The van der Waals surface area contributed by atoms with Crippen LogP contribution in [0.4, 0.5) is 11.6 Å². The van der Waals surface area contributed by atoms with E-state index >= 15 is 0 Å². The van der Waals surface area contributed by atoms with Gasteiger partial charge in [-0.05, 0) is 12.8 Å². The Hall–Kier alpha value is -1.82. The van der Waals surface area contributed by atoms with Crippen molar-refractivity contribution in [1.82, 2.24) is 14.4 Å². The minimum atomic E-state index is 0.329. The lowest BCUT2D eigenvalue weighted by Gasteiger charge is -2.44. The summed E-state index contributed by atoms with van der Waals surface area (Å²) in [5.74, 6) is 1.43. The van der Waals surface area contributed by atoms with Crippen LogP contribution >= 0.6 is 0 Å².